The van der Waals surface area contributed by atoms with Crippen LogP contribution in [-0.2, 0) is 13.0 Å². The van der Waals surface area contributed by atoms with Gasteiger partial charge in [0.25, 0.3) is 0 Å². The van der Waals surface area contributed by atoms with E-state index in [0.717, 1.165) is 43.1 Å². The summed E-state index contributed by atoms with van der Waals surface area (Å²) >= 11 is 0. The van der Waals surface area contributed by atoms with Gasteiger partial charge in [0.1, 0.15) is 18.0 Å². The van der Waals surface area contributed by atoms with Gasteiger partial charge in [-0.2, -0.15) is 5.10 Å². The van der Waals surface area contributed by atoms with Crippen LogP contribution in [0.4, 0.5) is 11.6 Å². The van der Waals surface area contributed by atoms with Gasteiger partial charge in [0.15, 0.2) is 0 Å². The van der Waals surface area contributed by atoms with Gasteiger partial charge in [-0.1, -0.05) is 13.3 Å². The monoisotopic (exact) mass is 260 g/mol. The van der Waals surface area contributed by atoms with E-state index in [9.17, 15) is 0 Å². The molecule has 2 aromatic heterocycles. The molecule has 2 N–H and O–H groups in total. The fourth-order valence-electron chi connectivity index (χ4n) is 1.99. The van der Waals surface area contributed by atoms with Gasteiger partial charge in [0, 0.05) is 31.5 Å². The molecule has 2 rings (SSSR count). The minimum atomic E-state index is 0.790. The van der Waals surface area contributed by atoms with Gasteiger partial charge in [0.2, 0.25) is 0 Å². The second-order valence-corrected chi connectivity index (χ2v) is 4.25. The summed E-state index contributed by atoms with van der Waals surface area (Å²) in [6.45, 7) is 3.76. The van der Waals surface area contributed by atoms with E-state index < -0.39 is 0 Å². The summed E-state index contributed by atoms with van der Waals surface area (Å²) < 4.78 is 1.90. The Kier molecular flexibility index (Phi) is 4.72. The third-order valence-electron chi connectivity index (χ3n) is 2.87. The van der Waals surface area contributed by atoms with Crippen molar-refractivity contribution in [3.8, 4) is 0 Å². The van der Waals surface area contributed by atoms with Crippen LogP contribution in [0.3, 0.4) is 0 Å². The Labute approximate surface area is 113 Å². The number of hydrogen-bond donors (Lipinski definition) is 2. The van der Waals surface area contributed by atoms with Crippen molar-refractivity contribution >= 4 is 11.6 Å². The first-order valence-corrected chi connectivity index (χ1v) is 6.58. The van der Waals surface area contributed by atoms with Gasteiger partial charge >= 0.3 is 0 Å². The molecular formula is C13H20N6. The van der Waals surface area contributed by atoms with Crippen LogP contribution >= 0.6 is 0 Å². The van der Waals surface area contributed by atoms with Crippen LogP contribution in [0, 0.1) is 0 Å². The number of aromatic nitrogens is 4. The minimum Gasteiger partial charge on any atom is -0.373 e. The third-order valence-corrected chi connectivity index (χ3v) is 2.87. The first-order valence-electron chi connectivity index (χ1n) is 6.58. The maximum absolute atomic E-state index is 4.33. The molecule has 2 aromatic rings. The van der Waals surface area contributed by atoms with Gasteiger partial charge in [-0.3, -0.25) is 4.68 Å². The largest absolute Gasteiger partial charge is 0.373 e. The summed E-state index contributed by atoms with van der Waals surface area (Å²) in [7, 11) is 1.88. The van der Waals surface area contributed by atoms with Crippen molar-refractivity contribution in [1.82, 2.24) is 19.7 Å². The molecular weight excluding hydrogens is 240 g/mol. The zero-order valence-electron chi connectivity index (χ0n) is 11.4. The van der Waals surface area contributed by atoms with E-state index in [4.69, 9.17) is 0 Å². The Hall–Kier alpha value is -2.11. The van der Waals surface area contributed by atoms with Crippen molar-refractivity contribution in [2.24, 2.45) is 0 Å². The van der Waals surface area contributed by atoms with Crippen LogP contribution < -0.4 is 10.6 Å². The molecule has 0 aliphatic heterocycles. The van der Waals surface area contributed by atoms with Crippen LogP contribution in [-0.4, -0.2) is 33.3 Å². The van der Waals surface area contributed by atoms with Crippen molar-refractivity contribution in [3.63, 3.8) is 0 Å². The van der Waals surface area contributed by atoms with E-state index >= 15 is 0 Å². The average molecular weight is 260 g/mol. The lowest BCUT2D eigenvalue weighted by Gasteiger charge is -2.13. The van der Waals surface area contributed by atoms with E-state index in [1.807, 2.05) is 24.0 Å². The van der Waals surface area contributed by atoms with E-state index in [-0.39, 0.29) is 0 Å². The summed E-state index contributed by atoms with van der Waals surface area (Å²) in [6.07, 6.45) is 7.35. The summed E-state index contributed by atoms with van der Waals surface area (Å²) in [6, 6.07) is 1.92. The lowest BCUT2D eigenvalue weighted by atomic mass is 10.1. The van der Waals surface area contributed by atoms with Crippen molar-refractivity contribution in [2.75, 3.05) is 24.2 Å². The fraction of sp³-hybridized carbons (Fsp3) is 0.462. The van der Waals surface area contributed by atoms with E-state index in [1.54, 1.807) is 12.5 Å². The molecule has 6 nitrogen and oxygen atoms in total. The Morgan fingerprint density at radius 2 is 2.11 bits per heavy atom. The maximum atomic E-state index is 4.33. The molecule has 0 atom stereocenters. The number of hydrogen-bond acceptors (Lipinski definition) is 5. The molecule has 0 radical (unpaired) electrons. The molecule has 0 aliphatic carbocycles. The molecule has 0 saturated heterocycles. The molecule has 0 aromatic carbocycles. The highest BCUT2D eigenvalue weighted by molar-refractivity contribution is 5.57. The van der Waals surface area contributed by atoms with Gasteiger partial charge in [-0.25, -0.2) is 9.97 Å². The molecule has 6 heteroatoms. The summed E-state index contributed by atoms with van der Waals surface area (Å²) in [4.78, 5) is 8.59. The van der Waals surface area contributed by atoms with Crippen LogP contribution in [0.15, 0.2) is 24.8 Å². The van der Waals surface area contributed by atoms with Crippen LogP contribution in [0.25, 0.3) is 0 Å². The van der Waals surface area contributed by atoms with Crippen molar-refractivity contribution in [3.05, 3.63) is 30.4 Å². The first-order chi connectivity index (χ1) is 9.35. The predicted octanol–water partition coefficient (Wildman–Crippen LogP) is 1.78. The van der Waals surface area contributed by atoms with Crippen molar-refractivity contribution < 1.29 is 0 Å². The third kappa shape index (κ3) is 3.43. The highest BCUT2D eigenvalue weighted by atomic mass is 15.3. The van der Waals surface area contributed by atoms with Crippen LogP contribution in [0.2, 0.25) is 0 Å². The zero-order chi connectivity index (χ0) is 13.5. The molecule has 0 aliphatic rings. The fourth-order valence-corrected chi connectivity index (χ4v) is 1.99. The van der Waals surface area contributed by atoms with E-state index in [2.05, 4.69) is 32.6 Å². The Balaban J connectivity index is 2.02. The van der Waals surface area contributed by atoms with Crippen molar-refractivity contribution in [1.29, 1.82) is 0 Å². The molecule has 0 bridgehead atoms. The minimum absolute atomic E-state index is 0.790. The molecule has 0 unspecified atom stereocenters. The van der Waals surface area contributed by atoms with Gasteiger partial charge < -0.3 is 10.6 Å². The summed E-state index contributed by atoms with van der Waals surface area (Å²) in [5.41, 5.74) is 1.15. The van der Waals surface area contributed by atoms with Crippen molar-refractivity contribution in [2.45, 2.75) is 26.3 Å². The predicted molar refractivity (Wildman–Crippen MR) is 76.3 cm³/mol. The highest BCUT2D eigenvalue weighted by Crippen LogP contribution is 2.20. The number of rotatable bonds is 7. The van der Waals surface area contributed by atoms with E-state index in [1.165, 1.54) is 0 Å². The normalized spacial score (nSPS) is 10.4. The second kappa shape index (κ2) is 6.72. The number of nitrogens with zero attached hydrogens (tertiary/aromatic N) is 4. The summed E-state index contributed by atoms with van der Waals surface area (Å²) in [5, 5.41) is 10.6. The maximum Gasteiger partial charge on any atom is 0.134 e. The Morgan fingerprint density at radius 1 is 1.26 bits per heavy atom. The topological polar surface area (TPSA) is 67.7 Å². The molecule has 0 fully saturated rings. The average Bonchev–Trinajstić information content (AvgIpc) is 2.94. The molecule has 2 heterocycles. The van der Waals surface area contributed by atoms with Crippen LogP contribution in [0.1, 0.15) is 18.9 Å². The quantitative estimate of drug-likeness (QED) is 0.794. The summed E-state index contributed by atoms with van der Waals surface area (Å²) in [5.74, 6) is 1.81. The lowest BCUT2D eigenvalue weighted by molar-refractivity contribution is 0.636. The van der Waals surface area contributed by atoms with Gasteiger partial charge in [-0.05, 0) is 12.5 Å². The Bertz CT molecular complexity index is 494. The SMILES string of the molecule is CCCc1c(NC)ncnc1NCCn1cccn1. The second-order valence-electron chi connectivity index (χ2n) is 4.25. The van der Waals surface area contributed by atoms with Gasteiger partial charge in [-0.15, -0.1) is 0 Å². The van der Waals surface area contributed by atoms with E-state index in [0.29, 0.717) is 0 Å². The number of nitrogens with one attached hydrogen (secondary N) is 2. The lowest BCUT2D eigenvalue weighted by Crippen LogP contribution is -2.14. The van der Waals surface area contributed by atoms with Crippen LogP contribution in [0.5, 0.6) is 0 Å². The highest BCUT2D eigenvalue weighted by Gasteiger charge is 2.09. The molecule has 19 heavy (non-hydrogen) atoms. The standard InChI is InChI=1S/C13H20N6/c1-3-5-11-12(14-2)16-10-17-13(11)15-7-9-19-8-4-6-18-19/h4,6,8,10H,3,5,7,9H2,1-2H3,(H2,14,15,16,17). The molecule has 0 amide bonds. The molecule has 0 saturated carbocycles. The van der Waals surface area contributed by atoms with Gasteiger partial charge in [0.05, 0.1) is 6.54 Å². The first kappa shape index (κ1) is 13.3. The smallest absolute Gasteiger partial charge is 0.134 e. The molecule has 102 valence electrons. The zero-order valence-corrected chi connectivity index (χ0v) is 11.4. The number of anilines is 2. The molecule has 0 spiro atoms. The Morgan fingerprint density at radius 3 is 2.79 bits per heavy atom.